The van der Waals surface area contributed by atoms with E-state index in [9.17, 15) is 4.79 Å². The molecule has 1 amide bonds. The lowest BCUT2D eigenvalue weighted by Gasteiger charge is -2.42. The number of amides is 1. The molecule has 0 spiro atoms. The Labute approximate surface area is 174 Å². The van der Waals surface area contributed by atoms with Crippen molar-refractivity contribution in [1.82, 2.24) is 4.90 Å². The maximum Gasteiger partial charge on any atom is 0.226 e. The smallest absolute Gasteiger partial charge is 0.226 e. The molecule has 1 heterocycles. The quantitative estimate of drug-likeness (QED) is 0.708. The molecule has 27 heavy (non-hydrogen) atoms. The minimum atomic E-state index is -2.26. The molecule has 0 radical (unpaired) electrons. The minimum absolute atomic E-state index is 0. The highest BCUT2D eigenvalue weighted by molar-refractivity contribution is 5.93. The van der Waals surface area contributed by atoms with Crippen molar-refractivity contribution in [3.63, 3.8) is 0 Å². The zero-order valence-corrected chi connectivity index (χ0v) is 16.7. The number of hydrogen-bond acceptors (Lipinski definition) is 2. The van der Waals surface area contributed by atoms with E-state index < -0.39 is 13.3 Å². The molecule has 1 aliphatic heterocycles. The van der Waals surface area contributed by atoms with Crippen LogP contribution in [0, 0.1) is 5.92 Å². The van der Waals surface area contributed by atoms with Crippen LogP contribution < -0.4 is 4.90 Å². The SMILES string of the molecule is Cl.[2H]C([2H])([2H])CC(=O)N(c1ccccc1)[C@@H]1CCN(CCc2ccccc2)C[C@@H]1C. The van der Waals surface area contributed by atoms with Crippen molar-refractivity contribution in [3.8, 4) is 0 Å². The van der Waals surface area contributed by atoms with Gasteiger partial charge in [-0.25, -0.2) is 0 Å². The number of carbonyl (C=O) groups is 1. The normalized spacial score (nSPS) is 22.0. The third-order valence-electron chi connectivity index (χ3n) is 5.29. The first kappa shape index (κ1) is 17.3. The number of anilines is 1. The molecule has 2 aromatic rings. The lowest BCUT2D eigenvalue weighted by Crippen LogP contribution is -2.52. The van der Waals surface area contributed by atoms with Crippen molar-refractivity contribution < 1.29 is 8.91 Å². The monoisotopic (exact) mass is 389 g/mol. The molecule has 2 atom stereocenters. The van der Waals surface area contributed by atoms with Crippen LogP contribution in [0.2, 0.25) is 0 Å². The average molecular weight is 390 g/mol. The van der Waals surface area contributed by atoms with Crippen LogP contribution in [-0.4, -0.2) is 36.5 Å². The van der Waals surface area contributed by atoms with Crippen molar-refractivity contribution in [2.75, 3.05) is 24.5 Å². The van der Waals surface area contributed by atoms with Crippen LogP contribution in [0.3, 0.4) is 0 Å². The molecule has 1 aliphatic rings. The van der Waals surface area contributed by atoms with E-state index in [4.69, 9.17) is 4.11 Å². The number of likely N-dealkylation sites (tertiary alicyclic amines) is 1. The first-order valence-corrected chi connectivity index (χ1v) is 9.47. The first-order valence-electron chi connectivity index (χ1n) is 11.0. The summed E-state index contributed by atoms with van der Waals surface area (Å²) in [7, 11) is 0. The highest BCUT2D eigenvalue weighted by atomic mass is 35.5. The van der Waals surface area contributed by atoms with E-state index in [1.165, 1.54) is 5.56 Å². The molecule has 2 aromatic carbocycles. The predicted octanol–water partition coefficient (Wildman–Crippen LogP) is 4.80. The second-order valence-electron chi connectivity index (χ2n) is 7.15. The van der Waals surface area contributed by atoms with Gasteiger partial charge in [-0.1, -0.05) is 62.3 Å². The zero-order chi connectivity index (χ0) is 20.9. The van der Waals surface area contributed by atoms with Crippen LogP contribution in [0.1, 0.15) is 36.3 Å². The van der Waals surface area contributed by atoms with Crippen LogP contribution in [0.4, 0.5) is 5.69 Å². The van der Waals surface area contributed by atoms with E-state index in [0.717, 1.165) is 38.2 Å². The molecular formula is C23H31ClN2O. The number of nitrogens with zero attached hydrogens (tertiary/aromatic N) is 2. The van der Waals surface area contributed by atoms with Crippen LogP contribution in [0.15, 0.2) is 60.7 Å². The Morgan fingerprint density at radius 3 is 2.44 bits per heavy atom. The molecule has 0 bridgehead atoms. The van der Waals surface area contributed by atoms with E-state index in [0.29, 0.717) is 0 Å². The number of benzene rings is 2. The minimum Gasteiger partial charge on any atom is -0.309 e. The molecule has 0 saturated carbocycles. The Morgan fingerprint density at radius 2 is 1.81 bits per heavy atom. The Morgan fingerprint density at radius 1 is 1.15 bits per heavy atom. The van der Waals surface area contributed by atoms with Crippen molar-refractivity contribution in [1.29, 1.82) is 0 Å². The van der Waals surface area contributed by atoms with E-state index >= 15 is 0 Å². The fraction of sp³-hybridized carbons (Fsp3) is 0.435. The van der Waals surface area contributed by atoms with E-state index in [1.807, 2.05) is 36.4 Å². The fourth-order valence-electron chi connectivity index (χ4n) is 3.93. The Hall–Kier alpha value is -1.84. The van der Waals surface area contributed by atoms with Crippen LogP contribution >= 0.6 is 12.4 Å². The van der Waals surface area contributed by atoms with Crippen LogP contribution in [0.25, 0.3) is 0 Å². The van der Waals surface area contributed by atoms with Crippen molar-refractivity contribution >= 4 is 24.0 Å². The van der Waals surface area contributed by atoms with Crippen LogP contribution in [-0.2, 0) is 11.2 Å². The summed E-state index contributed by atoms with van der Waals surface area (Å²) >= 11 is 0. The number of halogens is 1. The van der Waals surface area contributed by atoms with Crippen molar-refractivity contribution in [2.45, 2.75) is 39.1 Å². The van der Waals surface area contributed by atoms with Gasteiger partial charge in [0.05, 0.1) is 0 Å². The van der Waals surface area contributed by atoms with Gasteiger partial charge < -0.3 is 9.80 Å². The summed E-state index contributed by atoms with van der Waals surface area (Å²) < 4.78 is 22.6. The average Bonchev–Trinajstić information content (AvgIpc) is 2.68. The maximum absolute atomic E-state index is 12.9. The van der Waals surface area contributed by atoms with Gasteiger partial charge in [-0.3, -0.25) is 4.79 Å². The summed E-state index contributed by atoms with van der Waals surface area (Å²) in [6, 6.07) is 20.0. The van der Waals surface area contributed by atoms with Crippen LogP contribution in [0.5, 0.6) is 0 Å². The Bertz CT molecular complexity index is 786. The largest absolute Gasteiger partial charge is 0.309 e. The van der Waals surface area contributed by atoms with Gasteiger partial charge in [-0.05, 0) is 36.5 Å². The second-order valence-corrected chi connectivity index (χ2v) is 7.15. The Kier molecular flexibility index (Phi) is 6.71. The third kappa shape index (κ3) is 5.57. The summed E-state index contributed by atoms with van der Waals surface area (Å²) in [5.74, 6) is -0.0499. The molecule has 146 valence electrons. The number of piperidine rings is 1. The number of rotatable bonds is 6. The first-order chi connectivity index (χ1) is 13.8. The molecule has 3 rings (SSSR count). The molecule has 0 aromatic heterocycles. The summed E-state index contributed by atoms with van der Waals surface area (Å²) in [5.41, 5.74) is 2.12. The summed E-state index contributed by atoms with van der Waals surface area (Å²) in [6.07, 6.45) is 1.43. The standard InChI is InChI=1S/C23H30N2O.ClH/c1-3-23(26)25(21-12-8-5-9-13-21)22-15-17-24(18-19(22)2)16-14-20-10-6-4-7-11-20;/h4-13,19,22H,3,14-18H2,1-2H3;1H/t19-,22+;/m0./s1/i1D3;. The fourth-order valence-corrected chi connectivity index (χ4v) is 3.93. The topological polar surface area (TPSA) is 23.6 Å². The number of carbonyl (C=O) groups excluding carboxylic acids is 1. The molecule has 3 nitrogen and oxygen atoms in total. The lowest BCUT2D eigenvalue weighted by atomic mass is 9.91. The molecule has 0 aliphatic carbocycles. The summed E-state index contributed by atoms with van der Waals surface area (Å²) in [6.45, 7) is 2.71. The van der Waals surface area contributed by atoms with Crippen molar-refractivity contribution in [3.05, 3.63) is 66.2 Å². The number of hydrogen-bond donors (Lipinski definition) is 0. The third-order valence-corrected chi connectivity index (χ3v) is 5.29. The number of para-hydroxylation sites is 1. The highest BCUT2D eigenvalue weighted by Crippen LogP contribution is 2.28. The van der Waals surface area contributed by atoms with Gasteiger partial charge in [-0.15, -0.1) is 12.4 Å². The molecule has 4 heteroatoms. The van der Waals surface area contributed by atoms with Gasteiger partial charge in [0.15, 0.2) is 0 Å². The summed E-state index contributed by atoms with van der Waals surface area (Å²) in [4.78, 5) is 17.1. The molecular weight excluding hydrogens is 356 g/mol. The zero-order valence-electron chi connectivity index (χ0n) is 18.9. The van der Waals surface area contributed by atoms with E-state index in [1.54, 1.807) is 4.90 Å². The van der Waals surface area contributed by atoms with Gasteiger partial charge in [-0.2, -0.15) is 0 Å². The Balaban J connectivity index is 0.00000320. The lowest BCUT2D eigenvalue weighted by molar-refractivity contribution is -0.119. The second kappa shape index (κ2) is 10.5. The molecule has 0 N–H and O–H groups in total. The van der Waals surface area contributed by atoms with E-state index in [-0.39, 0.29) is 30.3 Å². The predicted molar refractivity (Wildman–Crippen MR) is 116 cm³/mol. The van der Waals surface area contributed by atoms with Crippen molar-refractivity contribution in [2.24, 2.45) is 5.92 Å². The highest BCUT2D eigenvalue weighted by Gasteiger charge is 2.33. The summed E-state index contributed by atoms with van der Waals surface area (Å²) in [5, 5.41) is 0. The van der Waals surface area contributed by atoms with Gasteiger partial charge in [0.1, 0.15) is 0 Å². The maximum atomic E-state index is 12.9. The van der Waals surface area contributed by atoms with E-state index in [2.05, 4.69) is 36.1 Å². The van der Waals surface area contributed by atoms with Gasteiger partial charge in [0.25, 0.3) is 0 Å². The van der Waals surface area contributed by atoms with Gasteiger partial charge >= 0.3 is 0 Å². The molecule has 1 saturated heterocycles. The van der Waals surface area contributed by atoms with Gasteiger partial charge in [0.2, 0.25) is 5.91 Å². The van der Waals surface area contributed by atoms with Gasteiger partial charge in [0, 0.05) is 41.9 Å². The molecule has 0 unspecified atom stereocenters. The molecule has 1 fully saturated rings.